The predicted octanol–water partition coefficient (Wildman–Crippen LogP) is 2.01. The van der Waals surface area contributed by atoms with Crippen molar-refractivity contribution in [2.75, 3.05) is 24.7 Å². The first kappa shape index (κ1) is 25.9. The maximum Gasteiger partial charge on any atom is 0.328 e. The first-order valence-corrected chi connectivity index (χ1v) is 11.4. The van der Waals surface area contributed by atoms with Crippen LogP contribution in [0.25, 0.3) is 11.0 Å². The largest absolute Gasteiger partial charge is 0.466 e. The number of nitrogens with one attached hydrogen (secondary N) is 2. The van der Waals surface area contributed by atoms with Crippen molar-refractivity contribution in [3.8, 4) is 0 Å². The van der Waals surface area contributed by atoms with Crippen LogP contribution in [0.15, 0.2) is 6.20 Å². The fourth-order valence-electron chi connectivity index (χ4n) is 3.55. The molecule has 0 aliphatic heterocycles. The summed E-state index contributed by atoms with van der Waals surface area (Å²) in [6.07, 6.45) is 6.55. The normalized spacial score (nSPS) is 11.8. The van der Waals surface area contributed by atoms with Crippen molar-refractivity contribution in [2.45, 2.75) is 71.3 Å². The third kappa shape index (κ3) is 8.24. The number of aromatic amines is 1. The Morgan fingerprint density at radius 1 is 1.03 bits per heavy atom. The summed E-state index contributed by atoms with van der Waals surface area (Å²) in [4.78, 5) is 47.2. The van der Waals surface area contributed by atoms with Gasteiger partial charge in [0.05, 0.1) is 18.6 Å². The zero-order valence-electron chi connectivity index (χ0n) is 19.3. The molecule has 2 heterocycles. The molecule has 6 N–H and O–H groups in total. The Morgan fingerprint density at radius 2 is 1.76 bits per heavy atom. The van der Waals surface area contributed by atoms with Crippen molar-refractivity contribution in [2.24, 2.45) is 0 Å². The molecular formula is C22H34N6O5. The molecule has 33 heavy (non-hydrogen) atoms. The van der Waals surface area contributed by atoms with Gasteiger partial charge in [-0.25, -0.2) is 4.79 Å². The lowest BCUT2D eigenvalue weighted by Crippen LogP contribution is -2.42. The van der Waals surface area contributed by atoms with E-state index in [1.807, 2.05) is 6.20 Å². The third-order valence-corrected chi connectivity index (χ3v) is 5.11. The van der Waals surface area contributed by atoms with E-state index in [0.717, 1.165) is 36.6 Å². The quantitative estimate of drug-likeness (QED) is 0.242. The number of nitrogens with two attached hydrogens (primary N) is 2. The zero-order chi connectivity index (χ0) is 24.2. The number of nitrogens with zero attached hydrogens (tertiary/aromatic N) is 2. The highest BCUT2D eigenvalue weighted by atomic mass is 16.5. The van der Waals surface area contributed by atoms with Gasteiger partial charge in [0.2, 0.25) is 11.9 Å². The minimum absolute atomic E-state index is 0.0353. The monoisotopic (exact) mass is 462 g/mol. The van der Waals surface area contributed by atoms with Crippen LogP contribution in [-0.2, 0) is 30.3 Å². The number of fused-ring (bicyclic) bond motifs is 1. The predicted molar refractivity (Wildman–Crippen MR) is 124 cm³/mol. The Labute approximate surface area is 193 Å². The Balaban J connectivity index is 1.71. The Bertz CT molecular complexity index is 945. The molecule has 0 unspecified atom stereocenters. The maximum absolute atomic E-state index is 12.3. The summed E-state index contributed by atoms with van der Waals surface area (Å²) >= 11 is 0. The van der Waals surface area contributed by atoms with E-state index in [9.17, 15) is 14.4 Å². The molecule has 0 aliphatic carbocycles. The fourth-order valence-corrected chi connectivity index (χ4v) is 3.55. The molecule has 2 aromatic heterocycles. The molecule has 0 aromatic carbocycles. The number of hydrogen-bond donors (Lipinski definition) is 4. The van der Waals surface area contributed by atoms with Crippen molar-refractivity contribution in [1.82, 2.24) is 20.3 Å². The molecule has 2 rings (SSSR count). The Kier molecular flexibility index (Phi) is 10.4. The van der Waals surface area contributed by atoms with Crippen molar-refractivity contribution in [1.29, 1.82) is 0 Å². The average Bonchev–Trinajstić information content (AvgIpc) is 3.16. The molecule has 11 nitrogen and oxygen atoms in total. The van der Waals surface area contributed by atoms with E-state index >= 15 is 0 Å². The molecule has 182 valence electrons. The smallest absolute Gasteiger partial charge is 0.328 e. The first-order valence-electron chi connectivity index (χ1n) is 11.4. The van der Waals surface area contributed by atoms with Gasteiger partial charge >= 0.3 is 11.9 Å². The van der Waals surface area contributed by atoms with E-state index in [1.165, 1.54) is 0 Å². The minimum Gasteiger partial charge on any atom is -0.466 e. The fraction of sp³-hybridized carbons (Fsp3) is 0.591. The number of amides is 1. The summed E-state index contributed by atoms with van der Waals surface area (Å²) in [5.41, 5.74) is 13.3. The van der Waals surface area contributed by atoms with Crippen molar-refractivity contribution in [3.05, 3.63) is 11.8 Å². The summed E-state index contributed by atoms with van der Waals surface area (Å²) in [6.45, 7) is 3.87. The molecule has 0 saturated carbocycles. The second-order valence-electron chi connectivity index (χ2n) is 7.63. The molecule has 0 bridgehead atoms. The van der Waals surface area contributed by atoms with Gasteiger partial charge in [-0.1, -0.05) is 12.8 Å². The molecule has 1 atom stereocenters. The first-order chi connectivity index (χ1) is 15.8. The SMILES string of the molecule is CCOC(=O)CC[C@@H](NC(=O)CCCCCCc1c[nH]c2nc(N)nc(N)c12)C(=O)OCC. The van der Waals surface area contributed by atoms with Crippen LogP contribution < -0.4 is 16.8 Å². The van der Waals surface area contributed by atoms with Gasteiger partial charge < -0.3 is 31.2 Å². The third-order valence-electron chi connectivity index (χ3n) is 5.11. The van der Waals surface area contributed by atoms with E-state index in [0.29, 0.717) is 24.3 Å². The Hall–Kier alpha value is -3.37. The number of carbonyl (C=O) groups excluding carboxylic acids is 3. The maximum atomic E-state index is 12.3. The number of aromatic nitrogens is 3. The number of hydrogen-bond acceptors (Lipinski definition) is 9. The van der Waals surface area contributed by atoms with Crippen LogP contribution in [0.4, 0.5) is 11.8 Å². The molecule has 0 radical (unpaired) electrons. The van der Waals surface area contributed by atoms with Crippen LogP contribution in [0.2, 0.25) is 0 Å². The molecule has 0 spiro atoms. The van der Waals surface area contributed by atoms with Gasteiger partial charge in [0.1, 0.15) is 17.5 Å². The number of unbranched alkanes of at least 4 members (excludes halogenated alkanes) is 3. The molecule has 2 aromatic rings. The molecule has 11 heteroatoms. The van der Waals surface area contributed by atoms with Gasteiger partial charge in [-0.3, -0.25) is 9.59 Å². The van der Waals surface area contributed by atoms with Crippen molar-refractivity contribution in [3.63, 3.8) is 0 Å². The summed E-state index contributed by atoms with van der Waals surface area (Å²) < 4.78 is 9.88. The second-order valence-corrected chi connectivity index (χ2v) is 7.63. The second kappa shape index (κ2) is 13.2. The number of anilines is 2. The van der Waals surface area contributed by atoms with Gasteiger partial charge in [0, 0.05) is 19.0 Å². The minimum atomic E-state index is -0.856. The standard InChI is InChI=1S/C22H34N6O5/c1-3-32-17(30)12-11-15(21(31)33-4-2)26-16(29)10-8-6-5-7-9-14-13-25-20-18(14)19(23)27-22(24)28-20/h13,15H,3-12H2,1-2H3,(H,26,29)(H5,23,24,25,27,28)/t15-/m1/s1. The van der Waals surface area contributed by atoms with E-state index in [2.05, 4.69) is 20.3 Å². The molecule has 1 amide bonds. The molecule has 0 saturated heterocycles. The lowest BCUT2D eigenvalue weighted by atomic mass is 10.1. The van der Waals surface area contributed by atoms with Gasteiger partial charge in [-0.2, -0.15) is 9.97 Å². The van der Waals surface area contributed by atoms with E-state index in [-0.39, 0.29) is 37.9 Å². The van der Waals surface area contributed by atoms with Crippen LogP contribution in [0, 0.1) is 0 Å². The zero-order valence-corrected chi connectivity index (χ0v) is 19.3. The molecule has 0 aliphatic rings. The van der Waals surface area contributed by atoms with Gasteiger partial charge in [-0.15, -0.1) is 0 Å². The lowest BCUT2D eigenvalue weighted by Gasteiger charge is -2.17. The summed E-state index contributed by atoms with van der Waals surface area (Å²) in [6, 6.07) is -0.856. The van der Waals surface area contributed by atoms with Crippen LogP contribution in [0.5, 0.6) is 0 Å². The molecular weight excluding hydrogens is 428 g/mol. The lowest BCUT2D eigenvalue weighted by molar-refractivity contribution is -0.148. The number of ether oxygens (including phenoxy) is 2. The summed E-state index contributed by atoms with van der Waals surface area (Å²) in [5, 5.41) is 3.48. The summed E-state index contributed by atoms with van der Waals surface area (Å²) in [5.74, 6) is -0.690. The highest BCUT2D eigenvalue weighted by Crippen LogP contribution is 2.24. The highest BCUT2D eigenvalue weighted by Gasteiger charge is 2.23. The van der Waals surface area contributed by atoms with E-state index < -0.39 is 18.0 Å². The van der Waals surface area contributed by atoms with Crippen LogP contribution in [-0.4, -0.2) is 52.1 Å². The van der Waals surface area contributed by atoms with E-state index in [1.54, 1.807) is 13.8 Å². The van der Waals surface area contributed by atoms with Crippen LogP contribution in [0.1, 0.15) is 64.4 Å². The van der Waals surface area contributed by atoms with Crippen molar-refractivity contribution < 1.29 is 23.9 Å². The van der Waals surface area contributed by atoms with Gasteiger partial charge in [0.25, 0.3) is 0 Å². The number of H-pyrrole nitrogens is 1. The number of carbonyl (C=O) groups is 3. The topological polar surface area (TPSA) is 175 Å². The molecule has 0 fully saturated rings. The van der Waals surface area contributed by atoms with E-state index in [4.69, 9.17) is 20.9 Å². The van der Waals surface area contributed by atoms with Crippen molar-refractivity contribution >= 4 is 40.6 Å². The van der Waals surface area contributed by atoms with Crippen LogP contribution in [0.3, 0.4) is 0 Å². The highest BCUT2D eigenvalue weighted by molar-refractivity contribution is 5.90. The Morgan fingerprint density at radius 3 is 2.48 bits per heavy atom. The number of nitrogen functional groups attached to an aromatic ring is 2. The number of aryl methyl sites for hydroxylation is 1. The van der Waals surface area contributed by atoms with Crippen LogP contribution >= 0.6 is 0 Å². The van der Waals surface area contributed by atoms with Gasteiger partial charge in [0.15, 0.2) is 0 Å². The summed E-state index contributed by atoms with van der Waals surface area (Å²) in [7, 11) is 0. The number of rotatable bonds is 14. The van der Waals surface area contributed by atoms with Gasteiger partial charge in [-0.05, 0) is 45.1 Å². The average molecular weight is 463 g/mol. The number of esters is 2.